The number of benzene rings is 2. The van der Waals surface area contributed by atoms with Crippen LogP contribution in [0.15, 0.2) is 67.0 Å². The highest BCUT2D eigenvalue weighted by Crippen LogP contribution is 2.20. The van der Waals surface area contributed by atoms with Crippen molar-refractivity contribution in [1.82, 2.24) is 9.78 Å². The monoisotopic (exact) mass is 291 g/mol. The zero-order chi connectivity index (χ0) is 15.4. The maximum absolute atomic E-state index is 12.0. The van der Waals surface area contributed by atoms with Gasteiger partial charge in [0.15, 0.2) is 0 Å². The Morgan fingerprint density at radius 2 is 1.77 bits per heavy atom. The number of anilines is 1. The number of nitrogens with one attached hydrogen (secondary N) is 1. The van der Waals surface area contributed by atoms with Gasteiger partial charge in [-0.15, -0.1) is 0 Å². The lowest BCUT2D eigenvalue weighted by Gasteiger charge is -2.06. The lowest BCUT2D eigenvalue weighted by atomic mass is 10.1. The van der Waals surface area contributed by atoms with E-state index in [1.807, 2.05) is 74.0 Å². The van der Waals surface area contributed by atoms with E-state index in [4.69, 9.17) is 0 Å². The number of rotatable bonds is 4. The molecular weight excluding hydrogens is 274 g/mol. The lowest BCUT2D eigenvalue weighted by molar-refractivity contribution is -0.115. The van der Waals surface area contributed by atoms with Gasteiger partial charge in [-0.2, -0.15) is 5.10 Å². The highest BCUT2D eigenvalue weighted by molar-refractivity contribution is 5.92. The first-order valence-corrected chi connectivity index (χ1v) is 7.13. The minimum atomic E-state index is -0.0136. The van der Waals surface area contributed by atoms with Gasteiger partial charge >= 0.3 is 0 Å². The largest absolute Gasteiger partial charge is 0.326 e. The molecule has 4 heteroatoms. The summed E-state index contributed by atoms with van der Waals surface area (Å²) in [6.45, 7) is 0. The summed E-state index contributed by atoms with van der Waals surface area (Å²) in [5, 5.41) is 7.07. The Morgan fingerprint density at radius 3 is 2.41 bits per heavy atom. The Bertz CT molecular complexity index is 761. The van der Waals surface area contributed by atoms with Crippen molar-refractivity contribution >= 4 is 11.6 Å². The van der Waals surface area contributed by atoms with Crippen LogP contribution >= 0.6 is 0 Å². The fourth-order valence-electron chi connectivity index (χ4n) is 2.30. The Kier molecular flexibility index (Phi) is 4.01. The molecule has 3 rings (SSSR count). The molecule has 0 aliphatic heterocycles. The van der Waals surface area contributed by atoms with Crippen LogP contribution in [0, 0.1) is 0 Å². The molecule has 0 spiro atoms. The minimum absolute atomic E-state index is 0.0136. The van der Waals surface area contributed by atoms with Gasteiger partial charge in [-0.3, -0.25) is 9.48 Å². The average Bonchev–Trinajstić information content (AvgIpc) is 2.95. The third kappa shape index (κ3) is 3.41. The lowest BCUT2D eigenvalue weighted by Crippen LogP contribution is -2.14. The molecule has 1 heterocycles. The SMILES string of the molecule is Cn1cc(-c2ccc(NC(=O)Cc3ccccc3)cc2)cn1. The topological polar surface area (TPSA) is 46.9 Å². The zero-order valence-corrected chi connectivity index (χ0v) is 12.4. The molecule has 4 nitrogen and oxygen atoms in total. The predicted molar refractivity (Wildman–Crippen MR) is 87.4 cm³/mol. The van der Waals surface area contributed by atoms with E-state index in [1.165, 1.54) is 0 Å². The molecule has 0 radical (unpaired) electrons. The Hall–Kier alpha value is -2.88. The molecule has 0 fully saturated rings. The summed E-state index contributed by atoms with van der Waals surface area (Å²) >= 11 is 0. The molecule has 0 saturated heterocycles. The van der Waals surface area contributed by atoms with E-state index in [0.29, 0.717) is 6.42 Å². The van der Waals surface area contributed by atoms with Gasteiger partial charge < -0.3 is 5.32 Å². The van der Waals surface area contributed by atoms with Gasteiger partial charge in [-0.1, -0.05) is 42.5 Å². The van der Waals surface area contributed by atoms with E-state index in [9.17, 15) is 4.79 Å². The standard InChI is InChI=1S/C18H17N3O/c1-21-13-16(12-19-21)15-7-9-17(10-8-15)20-18(22)11-14-5-3-2-4-6-14/h2-10,12-13H,11H2,1H3,(H,20,22). The van der Waals surface area contributed by atoms with Crippen molar-refractivity contribution in [2.45, 2.75) is 6.42 Å². The molecule has 0 aliphatic rings. The first-order valence-electron chi connectivity index (χ1n) is 7.13. The van der Waals surface area contributed by atoms with Crippen molar-refractivity contribution < 1.29 is 4.79 Å². The second kappa shape index (κ2) is 6.26. The zero-order valence-electron chi connectivity index (χ0n) is 12.4. The molecule has 0 bridgehead atoms. The van der Waals surface area contributed by atoms with Crippen LogP contribution in [0.5, 0.6) is 0 Å². The normalized spacial score (nSPS) is 10.4. The molecule has 3 aromatic rings. The number of amides is 1. The van der Waals surface area contributed by atoms with Crippen molar-refractivity contribution in [3.05, 3.63) is 72.6 Å². The van der Waals surface area contributed by atoms with E-state index >= 15 is 0 Å². The van der Waals surface area contributed by atoms with Crippen LogP contribution in [-0.4, -0.2) is 15.7 Å². The van der Waals surface area contributed by atoms with E-state index < -0.39 is 0 Å². The first kappa shape index (κ1) is 14.1. The molecule has 110 valence electrons. The van der Waals surface area contributed by atoms with Crippen molar-refractivity contribution in [2.24, 2.45) is 7.05 Å². The predicted octanol–water partition coefficient (Wildman–Crippen LogP) is 3.27. The summed E-state index contributed by atoms with van der Waals surface area (Å²) in [5.41, 5.74) is 3.94. The number of aryl methyl sites for hydroxylation is 1. The van der Waals surface area contributed by atoms with Crippen molar-refractivity contribution in [3.8, 4) is 11.1 Å². The summed E-state index contributed by atoms with van der Waals surface area (Å²) in [6, 6.07) is 17.5. The Morgan fingerprint density at radius 1 is 1.05 bits per heavy atom. The average molecular weight is 291 g/mol. The summed E-state index contributed by atoms with van der Waals surface area (Å²) < 4.78 is 1.77. The van der Waals surface area contributed by atoms with Gasteiger partial charge in [0.25, 0.3) is 0 Å². The van der Waals surface area contributed by atoms with Gasteiger partial charge in [0, 0.05) is 24.5 Å². The van der Waals surface area contributed by atoms with Gasteiger partial charge in [0.1, 0.15) is 0 Å². The molecule has 1 amide bonds. The van der Waals surface area contributed by atoms with E-state index in [1.54, 1.807) is 4.68 Å². The first-order chi connectivity index (χ1) is 10.7. The maximum atomic E-state index is 12.0. The van der Waals surface area contributed by atoms with Crippen LogP contribution < -0.4 is 5.32 Å². The summed E-state index contributed by atoms with van der Waals surface area (Å²) in [5.74, 6) is -0.0136. The maximum Gasteiger partial charge on any atom is 0.228 e. The molecule has 2 aromatic carbocycles. The smallest absolute Gasteiger partial charge is 0.228 e. The molecule has 1 N–H and O–H groups in total. The van der Waals surface area contributed by atoms with Crippen LogP contribution in [0.25, 0.3) is 11.1 Å². The van der Waals surface area contributed by atoms with Gasteiger partial charge in [-0.25, -0.2) is 0 Å². The third-order valence-electron chi connectivity index (χ3n) is 3.41. The van der Waals surface area contributed by atoms with Gasteiger partial charge in [0.05, 0.1) is 12.6 Å². The molecular formula is C18H17N3O. The van der Waals surface area contributed by atoms with Crippen molar-refractivity contribution in [1.29, 1.82) is 0 Å². The third-order valence-corrected chi connectivity index (χ3v) is 3.41. The number of hydrogen-bond donors (Lipinski definition) is 1. The van der Waals surface area contributed by atoms with Crippen molar-refractivity contribution in [3.63, 3.8) is 0 Å². The molecule has 0 atom stereocenters. The molecule has 22 heavy (non-hydrogen) atoms. The fraction of sp³-hybridized carbons (Fsp3) is 0.111. The van der Waals surface area contributed by atoms with E-state index in [-0.39, 0.29) is 5.91 Å². The summed E-state index contributed by atoms with van der Waals surface area (Å²) in [6.07, 6.45) is 4.16. The van der Waals surface area contributed by atoms with Crippen LogP contribution in [0.3, 0.4) is 0 Å². The highest BCUT2D eigenvalue weighted by Gasteiger charge is 2.05. The number of carbonyl (C=O) groups excluding carboxylic acids is 1. The second-order valence-electron chi connectivity index (χ2n) is 5.19. The molecule has 1 aromatic heterocycles. The Labute approximate surface area is 129 Å². The Balaban J connectivity index is 1.65. The molecule has 0 unspecified atom stereocenters. The number of carbonyl (C=O) groups is 1. The highest BCUT2D eigenvalue weighted by atomic mass is 16.1. The van der Waals surface area contributed by atoms with Crippen LogP contribution in [-0.2, 0) is 18.3 Å². The van der Waals surface area contributed by atoms with Crippen LogP contribution in [0.4, 0.5) is 5.69 Å². The number of nitrogens with zero attached hydrogens (tertiary/aromatic N) is 2. The van der Waals surface area contributed by atoms with Gasteiger partial charge in [-0.05, 0) is 23.3 Å². The van der Waals surface area contributed by atoms with Gasteiger partial charge in [0.2, 0.25) is 5.91 Å². The molecule has 0 saturated carbocycles. The number of aromatic nitrogens is 2. The summed E-state index contributed by atoms with van der Waals surface area (Å²) in [7, 11) is 1.89. The fourth-order valence-corrected chi connectivity index (χ4v) is 2.30. The quantitative estimate of drug-likeness (QED) is 0.802. The summed E-state index contributed by atoms with van der Waals surface area (Å²) in [4.78, 5) is 12.0. The van der Waals surface area contributed by atoms with E-state index in [2.05, 4.69) is 10.4 Å². The molecule has 0 aliphatic carbocycles. The van der Waals surface area contributed by atoms with E-state index in [0.717, 1.165) is 22.4 Å². The van der Waals surface area contributed by atoms with Crippen molar-refractivity contribution in [2.75, 3.05) is 5.32 Å². The minimum Gasteiger partial charge on any atom is -0.326 e. The number of hydrogen-bond acceptors (Lipinski definition) is 2. The van der Waals surface area contributed by atoms with Crippen LogP contribution in [0.2, 0.25) is 0 Å². The van der Waals surface area contributed by atoms with Crippen LogP contribution in [0.1, 0.15) is 5.56 Å². The second-order valence-corrected chi connectivity index (χ2v) is 5.19.